The number of rotatable bonds is 15. The number of carboxylic acids is 1. The van der Waals surface area contributed by atoms with Crippen LogP contribution in [0.2, 0.25) is 0 Å². The standard InChI is InChI=1S/C14H28O6/c1-3-5-6-17-7-8-18-9-10-19-11-12-20-13(4-2)14(15)16/h13H,3-12H2,1-2H3,(H,15,16). The molecule has 0 aromatic carbocycles. The van der Waals surface area contributed by atoms with Crippen LogP contribution in [0.5, 0.6) is 0 Å². The van der Waals surface area contributed by atoms with Crippen molar-refractivity contribution in [3.8, 4) is 0 Å². The molecule has 0 amide bonds. The van der Waals surface area contributed by atoms with Crippen molar-refractivity contribution >= 4 is 5.97 Å². The van der Waals surface area contributed by atoms with E-state index >= 15 is 0 Å². The van der Waals surface area contributed by atoms with E-state index in [0.717, 1.165) is 19.4 Å². The van der Waals surface area contributed by atoms with Crippen LogP contribution >= 0.6 is 0 Å². The molecule has 1 atom stereocenters. The van der Waals surface area contributed by atoms with Crippen LogP contribution in [0.1, 0.15) is 33.1 Å². The topological polar surface area (TPSA) is 74.2 Å². The van der Waals surface area contributed by atoms with E-state index in [4.69, 9.17) is 24.1 Å². The molecule has 0 radical (unpaired) electrons. The van der Waals surface area contributed by atoms with E-state index in [-0.39, 0.29) is 6.61 Å². The summed E-state index contributed by atoms with van der Waals surface area (Å²) in [5.41, 5.74) is 0. The Morgan fingerprint density at radius 2 is 1.40 bits per heavy atom. The molecule has 6 heteroatoms. The third-order valence-corrected chi connectivity index (χ3v) is 2.58. The van der Waals surface area contributed by atoms with E-state index in [0.29, 0.717) is 39.5 Å². The summed E-state index contributed by atoms with van der Waals surface area (Å²) in [7, 11) is 0. The fourth-order valence-electron chi connectivity index (χ4n) is 1.40. The summed E-state index contributed by atoms with van der Waals surface area (Å²) in [5, 5.41) is 8.75. The van der Waals surface area contributed by atoms with Crippen molar-refractivity contribution in [3.05, 3.63) is 0 Å². The SMILES string of the molecule is CCCCOCCOCCOCCOC(CC)C(=O)O. The Kier molecular flexibility index (Phi) is 14.2. The summed E-state index contributed by atoms with van der Waals surface area (Å²) in [5.74, 6) is -0.932. The molecule has 0 saturated carbocycles. The Hall–Kier alpha value is -0.690. The molecule has 0 aromatic rings. The maximum Gasteiger partial charge on any atom is 0.332 e. The normalized spacial score (nSPS) is 12.5. The van der Waals surface area contributed by atoms with Gasteiger partial charge in [0.1, 0.15) is 0 Å². The lowest BCUT2D eigenvalue weighted by atomic mass is 10.3. The summed E-state index contributed by atoms with van der Waals surface area (Å²) >= 11 is 0. The third-order valence-electron chi connectivity index (χ3n) is 2.58. The Morgan fingerprint density at radius 1 is 0.900 bits per heavy atom. The first-order valence-electron chi connectivity index (χ1n) is 7.30. The highest BCUT2D eigenvalue weighted by molar-refractivity contribution is 5.72. The number of hydrogen-bond acceptors (Lipinski definition) is 5. The van der Waals surface area contributed by atoms with Crippen LogP contribution in [0.4, 0.5) is 0 Å². The van der Waals surface area contributed by atoms with Gasteiger partial charge in [-0.2, -0.15) is 0 Å². The molecule has 0 aliphatic rings. The number of ether oxygens (including phenoxy) is 4. The Labute approximate surface area is 121 Å². The summed E-state index contributed by atoms with van der Waals surface area (Å²) in [6.45, 7) is 7.51. The molecule has 0 rings (SSSR count). The third kappa shape index (κ3) is 12.3. The first-order valence-corrected chi connectivity index (χ1v) is 7.30. The fraction of sp³-hybridized carbons (Fsp3) is 0.929. The van der Waals surface area contributed by atoms with Crippen molar-refractivity contribution in [1.82, 2.24) is 0 Å². The van der Waals surface area contributed by atoms with Crippen LogP contribution < -0.4 is 0 Å². The summed E-state index contributed by atoms with van der Waals surface area (Å²) in [6.07, 6.45) is 1.93. The Bertz CT molecular complexity index is 222. The average Bonchev–Trinajstić information content (AvgIpc) is 2.43. The van der Waals surface area contributed by atoms with E-state index < -0.39 is 12.1 Å². The predicted molar refractivity (Wildman–Crippen MR) is 75.0 cm³/mol. The molecule has 0 bridgehead atoms. The van der Waals surface area contributed by atoms with Crippen LogP contribution in [0.25, 0.3) is 0 Å². The van der Waals surface area contributed by atoms with Gasteiger partial charge in [0.15, 0.2) is 6.10 Å². The highest BCUT2D eigenvalue weighted by Crippen LogP contribution is 1.97. The van der Waals surface area contributed by atoms with E-state index in [2.05, 4.69) is 6.92 Å². The lowest BCUT2D eigenvalue weighted by Crippen LogP contribution is -2.24. The number of hydrogen-bond donors (Lipinski definition) is 1. The zero-order chi connectivity index (χ0) is 15.1. The van der Waals surface area contributed by atoms with Crippen molar-refractivity contribution in [2.24, 2.45) is 0 Å². The first-order chi connectivity index (χ1) is 9.72. The molecular weight excluding hydrogens is 264 g/mol. The van der Waals surface area contributed by atoms with Crippen LogP contribution in [-0.4, -0.2) is 63.4 Å². The maximum atomic E-state index is 10.7. The van der Waals surface area contributed by atoms with Crippen LogP contribution in [0, 0.1) is 0 Å². The second-order valence-electron chi connectivity index (χ2n) is 4.30. The molecule has 6 nitrogen and oxygen atoms in total. The van der Waals surface area contributed by atoms with Gasteiger partial charge < -0.3 is 24.1 Å². The molecule has 1 N–H and O–H groups in total. The van der Waals surface area contributed by atoms with Crippen LogP contribution in [0.15, 0.2) is 0 Å². The zero-order valence-electron chi connectivity index (χ0n) is 12.6. The first kappa shape index (κ1) is 19.3. The monoisotopic (exact) mass is 292 g/mol. The molecule has 0 aliphatic carbocycles. The van der Waals surface area contributed by atoms with Gasteiger partial charge in [0.25, 0.3) is 0 Å². The Balaban J connectivity index is 3.15. The van der Waals surface area contributed by atoms with Gasteiger partial charge in [0.05, 0.1) is 39.6 Å². The zero-order valence-corrected chi connectivity index (χ0v) is 12.6. The Morgan fingerprint density at radius 3 is 1.85 bits per heavy atom. The van der Waals surface area contributed by atoms with Gasteiger partial charge >= 0.3 is 5.97 Å². The molecule has 0 fully saturated rings. The van der Waals surface area contributed by atoms with Crippen molar-refractivity contribution in [1.29, 1.82) is 0 Å². The number of carboxylic acid groups (broad SMARTS) is 1. The minimum Gasteiger partial charge on any atom is -0.479 e. The lowest BCUT2D eigenvalue weighted by molar-refractivity contribution is -0.151. The summed E-state index contributed by atoms with van der Waals surface area (Å²) < 4.78 is 21.1. The smallest absolute Gasteiger partial charge is 0.332 e. The highest BCUT2D eigenvalue weighted by Gasteiger charge is 2.14. The van der Waals surface area contributed by atoms with Gasteiger partial charge in [0.2, 0.25) is 0 Å². The molecule has 0 heterocycles. The molecule has 0 aliphatic heterocycles. The van der Waals surface area contributed by atoms with Gasteiger partial charge in [-0.05, 0) is 12.8 Å². The van der Waals surface area contributed by atoms with Gasteiger partial charge in [-0.3, -0.25) is 0 Å². The van der Waals surface area contributed by atoms with Crippen molar-refractivity contribution < 1.29 is 28.8 Å². The second kappa shape index (κ2) is 14.7. The summed E-state index contributed by atoms with van der Waals surface area (Å²) in [4.78, 5) is 10.7. The van der Waals surface area contributed by atoms with Gasteiger partial charge in [-0.15, -0.1) is 0 Å². The quantitative estimate of drug-likeness (QED) is 0.463. The van der Waals surface area contributed by atoms with E-state index in [1.807, 2.05) is 0 Å². The van der Waals surface area contributed by atoms with Crippen molar-refractivity contribution in [3.63, 3.8) is 0 Å². The molecule has 0 aromatic heterocycles. The second-order valence-corrected chi connectivity index (χ2v) is 4.30. The minimum atomic E-state index is -0.932. The number of unbranched alkanes of at least 4 members (excludes halogenated alkanes) is 1. The summed E-state index contributed by atoms with van der Waals surface area (Å²) in [6, 6.07) is 0. The van der Waals surface area contributed by atoms with Crippen LogP contribution in [0.3, 0.4) is 0 Å². The van der Waals surface area contributed by atoms with Gasteiger partial charge in [0, 0.05) is 6.61 Å². The minimum absolute atomic E-state index is 0.283. The molecule has 120 valence electrons. The lowest BCUT2D eigenvalue weighted by Gasteiger charge is -2.11. The van der Waals surface area contributed by atoms with Gasteiger partial charge in [-0.1, -0.05) is 20.3 Å². The molecule has 0 spiro atoms. The molecule has 20 heavy (non-hydrogen) atoms. The van der Waals surface area contributed by atoms with E-state index in [1.54, 1.807) is 6.92 Å². The maximum absolute atomic E-state index is 10.7. The van der Waals surface area contributed by atoms with Crippen LogP contribution in [-0.2, 0) is 23.7 Å². The molecule has 1 unspecified atom stereocenters. The van der Waals surface area contributed by atoms with E-state index in [1.165, 1.54) is 0 Å². The number of carbonyl (C=O) groups is 1. The van der Waals surface area contributed by atoms with Crippen molar-refractivity contribution in [2.75, 3.05) is 46.2 Å². The van der Waals surface area contributed by atoms with Crippen molar-refractivity contribution in [2.45, 2.75) is 39.2 Å². The molecular formula is C14H28O6. The number of aliphatic carboxylic acids is 1. The molecule has 0 saturated heterocycles. The largest absolute Gasteiger partial charge is 0.479 e. The van der Waals surface area contributed by atoms with E-state index in [9.17, 15) is 4.79 Å². The predicted octanol–water partition coefficient (Wildman–Crippen LogP) is 1.72. The average molecular weight is 292 g/mol. The van der Waals surface area contributed by atoms with Gasteiger partial charge in [-0.25, -0.2) is 4.79 Å². The highest BCUT2D eigenvalue weighted by atomic mass is 16.6. The fourth-order valence-corrected chi connectivity index (χ4v) is 1.40.